The summed E-state index contributed by atoms with van der Waals surface area (Å²) >= 11 is 0. The zero-order valence-corrected chi connectivity index (χ0v) is 20.2. The quantitative estimate of drug-likeness (QED) is 0.144. The summed E-state index contributed by atoms with van der Waals surface area (Å²) < 4.78 is 75.6. The molecule has 0 radical (unpaired) electrons. The van der Waals surface area contributed by atoms with Crippen molar-refractivity contribution in [3.8, 4) is 22.6 Å². The van der Waals surface area contributed by atoms with Crippen molar-refractivity contribution >= 4 is 19.2 Å². The zero-order valence-electron chi connectivity index (χ0n) is 19.3. The Morgan fingerprint density at radius 3 is 1.45 bits per heavy atom. The van der Waals surface area contributed by atoms with Crippen LogP contribution in [0.5, 0.6) is 0 Å². The standard InChI is InChI=1S/C26H17O5.F6P/c1-29-17-14-12-16(13-15-17)22(23-18-8-4-2-6-10-20(18)30-25(23)27)24-19-9-5-3-7-11-21(19)31-26(24)28;1-7(2,3,4,5)6/h2-15H,1H3;/q+1;-1. The first-order valence-corrected chi connectivity index (χ1v) is 12.8. The summed E-state index contributed by atoms with van der Waals surface area (Å²) in [6, 6.07) is 18.1. The van der Waals surface area contributed by atoms with Crippen LogP contribution in [-0.2, 0) is 4.42 Å². The first-order chi connectivity index (χ1) is 17.6. The molecule has 0 unspecified atom stereocenters. The maximum atomic E-state index is 13.0. The fourth-order valence-electron chi connectivity index (χ4n) is 3.82. The molecule has 5 aliphatic rings. The molecule has 0 saturated carbocycles. The number of hydrogen-bond donors (Lipinski definition) is 0. The molecule has 0 aromatic rings. The van der Waals surface area contributed by atoms with Gasteiger partial charge in [0.15, 0.2) is 0 Å². The summed E-state index contributed by atoms with van der Waals surface area (Å²) in [5.74, 6) is 1.56. The Morgan fingerprint density at radius 1 is 0.658 bits per heavy atom. The number of fused-ring (bicyclic) bond motifs is 2. The molecule has 5 nitrogen and oxygen atoms in total. The third-order valence-corrected chi connectivity index (χ3v) is 5.23. The summed E-state index contributed by atoms with van der Waals surface area (Å²) in [6.45, 7) is 0. The Labute approximate surface area is 210 Å². The second kappa shape index (κ2) is 8.95. The molecule has 38 heavy (non-hydrogen) atoms. The third-order valence-electron chi connectivity index (χ3n) is 5.23. The molecule has 0 N–H and O–H groups in total. The van der Waals surface area contributed by atoms with Crippen LogP contribution in [0.2, 0.25) is 0 Å². The zero-order chi connectivity index (χ0) is 27.8. The molecule has 198 valence electrons. The summed E-state index contributed by atoms with van der Waals surface area (Å²) in [5.41, 5.74) is 2.00. The average Bonchev–Trinajstić information content (AvgIpc) is 3.06. The maximum absolute atomic E-state index is 13.0. The summed E-state index contributed by atoms with van der Waals surface area (Å²) in [6.07, 6.45) is 7.21. The van der Waals surface area contributed by atoms with Crippen LogP contribution in [0.15, 0.2) is 109 Å². The summed E-state index contributed by atoms with van der Waals surface area (Å²) in [5, 5.41) is 0. The molecular weight excluding hydrogens is 537 g/mol. The summed E-state index contributed by atoms with van der Waals surface area (Å²) in [4.78, 5) is 26.1. The number of furan rings is 2. The van der Waals surface area contributed by atoms with Gasteiger partial charge in [-0.3, -0.25) is 4.42 Å². The van der Waals surface area contributed by atoms with Gasteiger partial charge in [0.05, 0.1) is 11.1 Å². The Kier molecular flexibility index (Phi) is 6.32. The second-order valence-corrected chi connectivity index (χ2v) is 9.88. The molecular formula is C26H17F6O5P. The van der Waals surface area contributed by atoms with E-state index in [9.17, 15) is 34.8 Å². The van der Waals surface area contributed by atoms with Crippen LogP contribution in [0.1, 0.15) is 11.1 Å². The minimum absolute atomic E-state index is 0.322. The predicted molar refractivity (Wildman–Crippen MR) is 132 cm³/mol. The van der Waals surface area contributed by atoms with E-state index in [4.69, 9.17) is 13.3 Å². The molecule has 0 fully saturated rings. The van der Waals surface area contributed by atoms with Gasteiger partial charge < -0.3 is 8.83 Å². The second-order valence-electron chi connectivity index (χ2n) is 7.97. The van der Waals surface area contributed by atoms with Crippen molar-refractivity contribution in [3.05, 3.63) is 123 Å². The monoisotopic (exact) mass is 554 g/mol. The van der Waals surface area contributed by atoms with Gasteiger partial charge in [0, 0.05) is 28.9 Å². The minimum atomic E-state index is -10.7. The Bertz CT molecular complexity index is 1590. The van der Waals surface area contributed by atoms with Gasteiger partial charge in [-0.05, 0) is 29.9 Å². The van der Waals surface area contributed by atoms with E-state index in [-0.39, 0.29) is 0 Å². The molecule has 2 aliphatic heterocycles. The Hall–Kier alpha value is -4.24. The molecule has 3 aliphatic carbocycles. The van der Waals surface area contributed by atoms with Crippen molar-refractivity contribution in [2.45, 2.75) is 0 Å². The van der Waals surface area contributed by atoms with E-state index in [1.54, 1.807) is 43.5 Å². The number of ketones is 1. The van der Waals surface area contributed by atoms with E-state index in [1.165, 1.54) is 0 Å². The molecule has 0 aromatic carbocycles. The van der Waals surface area contributed by atoms with Crippen LogP contribution in [0.4, 0.5) is 25.2 Å². The van der Waals surface area contributed by atoms with Crippen LogP contribution in [-0.4, -0.2) is 12.9 Å². The molecule has 0 saturated heterocycles. The van der Waals surface area contributed by atoms with Crippen LogP contribution < -0.4 is 11.3 Å². The van der Waals surface area contributed by atoms with Crippen LogP contribution in [0.3, 0.4) is 0 Å². The van der Waals surface area contributed by atoms with Crippen molar-refractivity contribution < 1.29 is 38.4 Å². The van der Waals surface area contributed by atoms with Crippen LogP contribution in [0, 0.1) is 0 Å². The van der Waals surface area contributed by atoms with Gasteiger partial charge >= 0.3 is 50.0 Å². The van der Waals surface area contributed by atoms with E-state index in [1.807, 2.05) is 48.6 Å². The predicted octanol–water partition coefficient (Wildman–Crippen LogP) is 7.85. The fraction of sp³-hybridized carbons (Fsp3) is 0.0385. The molecule has 5 rings (SSSR count). The molecule has 0 aromatic heterocycles. The number of hydrogen-bond acceptors (Lipinski definition) is 4. The van der Waals surface area contributed by atoms with E-state index >= 15 is 0 Å². The van der Waals surface area contributed by atoms with Gasteiger partial charge in [-0.25, -0.2) is 9.59 Å². The molecule has 0 bridgehead atoms. The van der Waals surface area contributed by atoms with Crippen molar-refractivity contribution in [2.75, 3.05) is 7.11 Å². The number of carbonyl (C=O) groups excluding carboxylic acids is 1. The van der Waals surface area contributed by atoms with Crippen molar-refractivity contribution in [2.24, 2.45) is 0 Å². The molecule has 2 heterocycles. The van der Waals surface area contributed by atoms with E-state index in [0.29, 0.717) is 50.7 Å². The van der Waals surface area contributed by atoms with E-state index in [0.717, 1.165) is 0 Å². The Balaban J connectivity index is 0.000000426. The first kappa shape index (κ1) is 26.8. The van der Waals surface area contributed by atoms with Crippen LogP contribution >= 0.6 is 7.81 Å². The number of halogens is 6. The van der Waals surface area contributed by atoms with Gasteiger partial charge in [0.2, 0.25) is 0 Å². The SMILES string of the molecule is C[O+]=C1C=CC(=C(c2c3cccccc-3oc2=O)c2c3cccccc-3oc2=O)C=C1.F[P-](F)(F)(F)(F)F. The molecule has 12 heteroatoms. The van der Waals surface area contributed by atoms with Crippen molar-refractivity contribution in [1.29, 1.82) is 0 Å². The van der Waals surface area contributed by atoms with Gasteiger partial charge in [0.25, 0.3) is 7.11 Å². The van der Waals surface area contributed by atoms with Gasteiger partial charge in [-0.2, -0.15) is 0 Å². The van der Waals surface area contributed by atoms with Gasteiger partial charge in [-0.15, -0.1) is 0 Å². The average molecular weight is 554 g/mol. The Morgan fingerprint density at radius 2 is 1.05 bits per heavy atom. The van der Waals surface area contributed by atoms with Crippen molar-refractivity contribution in [3.63, 3.8) is 0 Å². The van der Waals surface area contributed by atoms with E-state index in [2.05, 4.69) is 0 Å². The third kappa shape index (κ3) is 6.54. The fourth-order valence-corrected chi connectivity index (χ4v) is 3.82. The number of rotatable bonds is 2. The summed E-state index contributed by atoms with van der Waals surface area (Å²) in [7, 11) is -9.08. The number of allylic oxidation sites excluding steroid dienone is 5. The van der Waals surface area contributed by atoms with E-state index < -0.39 is 19.1 Å². The molecule has 0 amide bonds. The van der Waals surface area contributed by atoms with Gasteiger partial charge in [0.1, 0.15) is 11.5 Å². The first-order valence-electron chi connectivity index (χ1n) is 10.7. The topological polar surface area (TPSA) is 71.7 Å². The molecule has 0 atom stereocenters. The van der Waals surface area contributed by atoms with Crippen molar-refractivity contribution in [1.82, 2.24) is 0 Å². The van der Waals surface area contributed by atoms with Crippen LogP contribution in [0.25, 0.3) is 28.2 Å². The normalized spacial score (nSPS) is 15.0. The molecule has 0 spiro atoms. The van der Waals surface area contributed by atoms with Gasteiger partial charge in [-0.1, -0.05) is 48.5 Å².